The molecule has 106 valence electrons. The number of rotatable bonds is 3. The summed E-state index contributed by atoms with van der Waals surface area (Å²) >= 11 is 3.00. The molecule has 0 fully saturated rings. The third kappa shape index (κ3) is 2.24. The first-order chi connectivity index (χ1) is 9.38. The summed E-state index contributed by atoms with van der Waals surface area (Å²) in [4.78, 5) is 11.0. The number of aromatic nitrogens is 2. The molecule has 2 aromatic rings. The number of benzene rings is 1. The summed E-state index contributed by atoms with van der Waals surface area (Å²) in [7, 11) is 0. The zero-order valence-corrected chi connectivity index (χ0v) is 13.0. The summed E-state index contributed by atoms with van der Waals surface area (Å²) in [5, 5.41) is 13.3. The van der Waals surface area contributed by atoms with Crippen LogP contribution in [0.5, 0.6) is 0 Å². The van der Waals surface area contributed by atoms with Crippen molar-refractivity contribution >= 4 is 21.9 Å². The van der Waals surface area contributed by atoms with Crippen LogP contribution in [0.4, 0.5) is 4.39 Å². The van der Waals surface area contributed by atoms with Gasteiger partial charge >= 0.3 is 5.97 Å². The van der Waals surface area contributed by atoms with Crippen LogP contribution in [0.1, 0.15) is 34.2 Å². The normalized spacial score (nSPS) is 10.8. The molecular formula is C14H14BrFN2O2. The van der Waals surface area contributed by atoms with Crippen molar-refractivity contribution in [1.29, 1.82) is 0 Å². The monoisotopic (exact) mass is 340 g/mol. The Morgan fingerprint density at radius 3 is 2.60 bits per heavy atom. The summed E-state index contributed by atoms with van der Waals surface area (Å²) < 4.78 is 15.8. The largest absolute Gasteiger partial charge is 0.478 e. The molecular weight excluding hydrogens is 327 g/mol. The highest BCUT2D eigenvalue weighted by atomic mass is 79.9. The molecule has 0 aliphatic carbocycles. The van der Waals surface area contributed by atoms with Gasteiger partial charge in [0, 0.05) is 5.69 Å². The Balaban J connectivity index is 2.66. The lowest BCUT2D eigenvalue weighted by atomic mass is 10.1. The number of nitrogens with zero attached hydrogens (tertiary/aromatic N) is 2. The van der Waals surface area contributed by atoms with Crippen molar-refractivity contribution in [3.05, 3.63) is 44.9 Å². The SMILES string of the molecule is CCc1c(C)nn(-c2ccc(C(=O)O)c(Br)c2F)c1C. The van der Waals surface area contributed by atoms with E-state index in [1.165, 1.54) is 16.8 Å². The summed E-state index contributed by atoms with van der Waals surface area (Å²) in [5.41, 5.74) is 2.91. The molecule has 6 heteroatoms. The predicted molar refractivity (Wildman–Crippen MR) is 77.0 cm³/mol. The lowest BCUT2D eigenvalue weighted by Gasteiger charge is -2.09. The molecule has 1 aromatic carbocycles. The van der Waals surface area contributed by atoms with Crippen molar-refractivity contribution in [2.45, 2.75) is 27.2 Å². The highest BCUT2D eigenvalue weighted by Crippen LogP contribution is 2.28. The molecule has 20 heavy (non-hydrogen) atoms. The maximum atomic E-state index is 14.4. The van der Waals surface area contributed by atoms with E-state index >= 15 is 0 Å². The van der Waals surface area contributed by atoms with E-state index in [1.807, 2.05) is 20.8 Å². The number of aromatic carboxylic acids is 1. The highest BCUT2D eigenvalue weighted by Gasteiger charge is 2.19. The van der Waals surface area contributed by atoms with Gasteiger partial charge in [-0.1, -0.05) is 6.92 Å². The van der Waals surface area contributed by atoms with Crippen LogP contribution in [0.15, 0.2) is 16.6 Å². The molecule has 0 atom stereocenters. The predicted octanol–water partition coefficient (Wildman–Crippen LogP) is 3.65. The quantitative estimate of drug-likeness (QED) is 0.927. The van der Waals surface area contributed by atoms with Crippen LogP contribution >= 0.6 is 15.9 Å². The van der Waals surface area contributed by atoms with Crippen molar-refractivity contribution in [3.63, 3.8) is 0 Å². The van der Waals surface area contributed by atoms with Crippen molar-refractivity contribution in [3.8, 4) is 5.69 Å². The zero-order valence-electron chi connectivity index (χ0n) is 11.4. The Morgan fingerprint density at radius 1 is 1.45 bits per heavy atom. The number of halogens is 2. The third-order valence-electron chi connectivity index (χ3n) is 3.32. The second-order valence-electron chi connectivity index (χ2n) is 4.48. The van der Waals surface area contributed by atoms with Gasteiger partial charge in [-0.3, -0.25) is 0 Å². The lowest BCUT2D eigenvalue weighted by molar-refractivity contribution is 0.0695. The van der Waals surface area contributed by atoms with Gasteiger partial charge in [-0.2, -0.15) is 5.10 Å². The fourth-order valence-corrected chi connectivity index (χ4v) is 2.79. The van der Waals surface area contributed by atoms with Gasteiger partial charge in [-0.25, -0.2) is 13.9 Å². The summed E-state index contributed by atoms with van der Waals surface area (Å²) in [5.74, 6) is -1.80. The molecule has 0 saturated heterocycles. The number of carboxylic acid groups (broad SMARTS) is 1. The van der Waals surface area contributed by atoms with E-state index in [1.54, 1.807) is 0 Å². The molecule has 0 bridgehead atoms. The first-order valence-corrected chi connectivity index (χ1v) is 6.94. The van der Waals surface area contributed by atoms with Gasteiger partial charge in [0.05, 0.1) is 15.7 Å². The van der Waals surface area contributed by atoms with Crippen molar-refractivity contribution in [2.24, 2.45) is 0 Å². The van der Waals surface area contributed by atoms with Gasteiger partial charge in [0.1, 0.15) is 5.69 Å². The van der Waals surface area contributed by atoms with Gasteiger partial charge in [0.15, 0.2) is 5.82 Å². The topological polar surface area (TPSA) is 55.1 Å². The number of hydrogen-bond donors (Lipinski definition) is 1. The smallest absolute Gasteiger partial charge is 0.336 e. The maximum absolute atomic E-state index is 14.4. The lowest BCUT2D eigenvalue weighted by Crippen LogP contribution is -2.06. The number of carboxylic acids is 1. The van der Waals surface area contributed by atoms with Crippen molar-refractivity contribution < 1.29 is 14.3 Å². The van der Waals surface area contributed by atoms with Crippen molar-refractivity contribution in [2.75, 3.05) is 0 Å². The minimum absolute atomic E-state index is 0.0619. The van der Waals surface area contributed by atoms with Crippen molar-refractivity contribution in [1.82, 2.24) is 9.78 Å². The van der Waals surface area contributed by atoms with Gasteiger partial charge in [0.2, 0.25) is 0 Å². The number of hydrogen-bond acceptors (Lipinski definition) is 2. The van der Waals surface area contributed by atoms with Crippen LogP contribution in [0.2, 0.25) is 0 Å². The molecule has 1 heterocycles. The third-order valence-corrected chi connectivity index (χ3v) is 4.09. The second kappa shape index (κ2) is 5.36. The van der Waals surface area contributed by atoms with Crippen LogP contribution in [-0.4, -0.2) is 20.9 Å². The second-order valence-corrected chi connectivity index (χ2v) is 5.27. The maximum Gasteiger partial charge on any atom is 0.336 e. The fraction of sp³-hybridized carbons (Fsp3) is 0.286. The first-order valence-electron chi connectivity index (χ1n) is 6.15. The Bertz CT molecular complexity index is 695. The molecule has 4 nitrogen and oxygen atoms in total. The molecule has 1 aromatic heterocycles. The molecule has 0 unspecified atom stereocenters. The van der Waals surface area contributed by atoms with E-state index in [0.29, 0.717) is 0 Å². The van der Waals surface area contributed by atoms with Gasteiger partial charge < -0.3 is 5.11 Å². The molecule has 1 N–H and O–H groups in total. The molecule has 0 aliphatic rings. The number of carbonyl (C=O) groups is 1. The molecule has 0 saturated carbocycles. The average molecular weight is 341 g/mol. The van der Waals surface area contributed by atoms with E-state index in [9.17, 15) is 9.18 Å². The zero-order chi connectivity index (χ0) is 15.0. The Kier molecular flexibility index (Phi) is 3.94. The minimum Gasteiger partial charge on any atom is -0.478 e. The average Bonchev–Trinajstić information content (AvgIpc) is 2.67. The van der Waals surface area contributed by atoms with Crippen LogP contribution in [0, 0.1) is 19.7 Å². The Morgan fingerprint density at radius 2 is 2.10 bits per heavy atom. The minimum atomic E-state index is -1.18. The van der Waals surface area contributed by atoms with E-state index in [-0.39, 0.29) is 15.7 Å². The van der Waals surface area contributed by atoms with Crippen LogP contribution in [0.25, 0.3) is 5.69 Å². The van der Waals surface area contributed by atoms with Gasteiger partial charge in [-0.05, 0) is 53.9 Å². The number of aryl methyl sites for hydroxylation is 1. The van der Waals surface area contributed by atoms with E-state index in [0.717, 1.165) is 23.4 Å². The van der Waals surface area contributed by atoms with E-state index in [2.05, 4.69) is 21.0 Å². The van der Waals surface area contributed by atoms with Gasteiger partial charge in [0.25, 0.3) is 0 Å². The van der Waals surface area contributed by atoms with E-state index < -0.39 is 11.8 Å². The molecule has 0 spiro atoms. The molecule has 0 aliphatic heterocycles. The summed E-state index contributed by atoms with van der Waals surface area (Å²) in [6.07, 6.45) is 0.813. The Hall–Kier alpha value is -1.69. The van der Waals surface area contributed by atoms with E-state index in [4.69, 9.17) is 5.11 Å². The molecule has 0 amide bonds. The Labute approximate surface area is 124 Å². The standard InChI is InChI=1S/C14H14BrFN2O2/c1-4-9-7(2)17-18(8(9)3)11-6-5-10(14(19)20)12(15)13(11)16/h5-6H,4H2,1-3H3,(H,19,20). The molecule has 2 rings (SSSR count). The van der Waals surface area contributed by atoms with Gasteiger partial charge in [-0.15, -0.1) is 0 Å². The summed E-state index contributed by atoms with van der Waals surface area (Å²) in [6.45, 7) is 5.76. The first kappa shape index (κ1) is 14.7. The molecule has 0 radical (unpaired) electrons. The highest BCUT2D eigenvalue weighted by molar-refractivity contribution is 9.10. The van der Waals surface area contributed by atoms with Crippen LogP contribution < -0.4 is 0 Å². The fourth-order valence-electron chi connectivity index (χ4n) is 2.29. The summed E-state index contributed by atoms with van der Waals surface area (Å²) in [6, 6.07) is 2.80. The van der Waals surface area contributed by atoms with Crippen LogP contribution in [-0.2, 0) is 6.42 Å². The van der Waals surface area contributed by atoms with Crippen LogP contribution in [0.3, 0.4) is 0 Å².